The molecule has 5 heterocycles. The summed E-state index contributed by atoms with van der Waals surface area (Å²) in [5.74, 6) is 0.674. The number of alkyl halides is 2. The molecule has 7 rings (SSSR count). The monoisotopic (exact) mass is 643 g/mol. The van der Waals surface area contributed by atoms with Crippen molar-refractivity contribution in [2.45, 2.75) is 42.5 Å². The quantitative estimate of drug-likeness (QED) is 0.317. The standard InChI is InChI=1S/C27H27F2N9O4S2/c28-21(29)24-33-34-26(43-24)38-19-13-17(44(40,41)35-27(14-30)5-6-27)1-2-18(19)20-22(31-15-32-23(20)38)36-7-9-37(10-8-36)25(39)16-3-11-42-12-4-16/h1-2,13,15-16,21,35H,3-12H2. The van der Waals surface area contributed by atoms with E-state index in [0.29, 0.717) is 104 Å². The van der Waals surface area contributed by atoms with Gasteiger partial charge in [0, 0.05) is 50.7 Å². The molecule has 3 fully saturated rings. The van der Waals surface area contributed by atoms with Crippen molar-refractivity contribution >= 4 is 55.0 Å². The van der Waals surface area contributed by atoms with Gasteiger partial charge in [-0.3, -0.25) is 9.36 Å². The van der Waals surface area contributed by atoms with Gasteiger partial charge in [-0.1, -0.05) is 17.4 Å². The van der Waals surface area contributed by atoms with E-state index in [9.17, 15) is 27.3 Å². The molecule has 1 saturated carbocycles. The van der Waals surface area contributed by atoms with Gasteiger partial charge in [0.2, 0.25) is 21.1 Å². The fourth-order valence-corrected chi connectivity index (χ4v) is 7.94. The Morgan fingerprint density at radius 2 is 1.89 bits per heavy atom. The summed E-state index contributed by atoms with van der Waals surface area (Å²) in [6.45, 7) is 3.20. The maximum absolute atomic E-state index is 13.5. The summed E-state index contributed by atoms with van der Waals surface area (Å²) in [7, 11) is -4.09. The highest BCUT2D eigenvalue weighted by atomic mass is 32.2. The number of nitrogens with one attached hydrogen (secondary N) is 1. The van der Waals surface area contributed by atoms with E-state index in [-0.39, 0.29) is 21.9 Å². The van der Waals surface area contributed by atoms with Gasteiger partial charge in [-0.05, 0) is 37.8 Å². The SMILES string of the molecule is N#CC1(NS(=O)(=O)c2ccc3c4c(N5CCN(C(=O)C6CCOCC6)CC5)ncnc4n(-c4nnc(C(F)F)s4)c3c2)CC1. The van der Waals surface area contributed by atoms with Crippen LogP contribution in [0.15, 0.2) is 29.4 Å². The van der Waals surface area contributed by atoms with Gasteiger partial charge in [0.05, 0.1) is 21.9 Å². The molecule has 2 saturated heterocycles. The van der Waals surface area contributed by atoms with Crippen molar-refractivity contribution in [3.05, 3.63) is 29.5 Å². The lowest BCUT2D eigenvalue weighted by Gasteiger charge is -2.37. The number of carbonyl (C=O) groups is 1. The molecule has 44 heavy (non-hydrogen) atoms. The fraction of sp³-hybridized carbons (Fsp3) is 0.481. The van der Waals surface area contributed by atoms with Crippen LogP contribution in [-0.2, 0) is 19.6 Å². The van der Waals surface area contributed by atoms with Gasteiger partial charge in [-0.15, -0.1) is 10.2 Å². The van der Waals surface area contributed by atoms with Crippen molar-refractivity contribution in [2.75, 3.05) is 44.3 Å². The summed E-state index contributed by atoms with van der Waals surface area (Å²) in [6, 6.07) is 6.51. The Bertz CT molecular complexity index is 1910. The minimum Gasteiger partial charge on any atom is -0.381 e. The predicted molar refractivity (Wildman–Crippen MR) is 155 cm³/mol. The van der Waals surface area contributed by atoms with Gasteiger partial charge in [-0.25, -0.2) is 27.2 Å². The Hall–Kier alpha value is -3.85. The van der Waals surface area contributed by atoms with Crippen molar-refractivity contribution in [3.8, 4) is 11.2 Å². The smallest absolute Gasteiger partial charge is 0.291 e. The molecule has 0 bridgehead atoms. The third-order valence-corrected chi connectivity index (χ3v) is 10.8. The number of fused-ring (bicyclic) bond motifs is 3. The van der Waals surface area contributed by atoms with Gasteiger partial charge < -0.3 is 14.5 Å². The summed E-state index contributed by atoms with van der Waals surface area (Å²) < 4.78 is 63.0. The molecule has 17 heteroatoms. The predicted octanol–water partition coefficient (Wildman–Crippen LogP) is 2.77. The number of amides is 1. The van der Waals surface area contributed by atoms with E-state index in [1.807, 2.05) is 15.9 Å². The van der Waals surface area contributed by atoms with Gasteiger partial charge in [0.1, 0.15) is 17.7 Å². The van der Waals surface area contributed by atoms with Crippen molar-refractivity contribution in [1.82, 2.24) is 34.4 Å². The number of ether oxygens (including phenoxy) is 1. The molecule has 230 valence electrons. The summed E-state index contributed by atoms with van der Waals surface area (Å²) in [5.41, 5.74) is -0.420. The average Bonchev–Trinajstić information content (AvgIpc) is 3.48. The zero-order valence-corrected chi connectivity index (χ0v) is 25.0. The fourth-order valence-electron chi connectivity index (χ4n) is 5.82. The van der Waals surface area contributed by atoms with Crippen LogP contribution in [0.1, 0.15) is 37.1 Å². The molecular weight excluding hydrogens is 616 g/mol. The lowest BCUT2D eigenvalue weighted by atomic mass is 9.98. The van der Waals surface area contributed by atoms with E-state index in [2.05, 4.69) is 24.9 Å². The van der Waals surface area contributed by atoms with Crippen LogP contribution in [-0.4, -0.2) is 88.9 Å². The molecule has 1 N–H and O–H groups in total. The number of sulfonamides is 1. The van der Waals surface area contributed by atoms with Crippen molar-refractivity contribution in [1.29, 1.82) is 5.26 Å². The lowest BCUT2D eigenvalue weighted by Crippen LogP contribution is -2.51. The summed E-state index contributed by atoms with van der Waals surface area (Å²) in [5, 5.41) is 17.8. The van der Waals surface area contributed by atoms with Crippen LogP contribution in [0.25, 0.3) is 27.1 Å². The minimum absolute atomic E-state index is 0.0352. The number of hydrogen-bond donors (Lipinski definition) is 1. The van der Waals surface area contributed by atoms with Gasteiger partial charge in [0.25, 0.3) is 6.43 Å². The molecule has 0 spiro atoms. The number of nitriles is 1. The summed E-state index contributed by atoms with van der Waals surface area (Å²) >= 11 is 0.679. The number of halogens is 2. The number of anilines is 1. The summed E-state index contributed by atoms with van der Waals surface area (Å²) in [6.07, 6.45) is 0.799. The molecule has 0 atom stereocenters. The van der Waals surface area contributed by atoms with E-state index in [1.54, 1.807) is 6.07 Å². The van der Waals surface area contributed by atoms with E-state index < -0.39 is 27.0 Å². The van der Waals surface area contributed by atoms with Gasteiger partial charge in [0.15, 0.2) is 10.7 Å². The van der Waals surface area contributed by atoms with Crippen LogP contribution in [0.5, 0.6) is 0 Å². The van der Waals surface area contributed by atoms with Crippen LogP contribution in [0.3, 0.4) is 0 Å². The first-order chi connectivity index (χ1) is 21.2. The van der Waals surface area contributed by atoms with Crippen molar-refractivity contribution < 1.29 is 26.7 Å². The normalized spacial score (nSPS) is 19.1. The first-order valence-corrected chi connectivity index (χ1v) is 16.5. The second-order valence-corrected chi connectivity index (χ2v) is 13.8. The zero-order valence-electron chi connectivity index (χ0n) is 23.3. The average molecular weight is 644 g/mol. The largest absolute Gasteiger partial charge is 0.381 e. The van der Waals surface area contributed by atoms with E-state index in [1.165, 1.54) is 23.0 Å². The Kier molecular flexibility index (Phi) is 7.19. The van der Waals surface area contributed by atoms with E-state index in [4.69, 9.17) is 4.74 Å². The highest BCUT2D eigenvalue weighted by Crippen LogP contribution is 2.40. The number of aromatic nitrogens is 5. The number of benzene rings is 1. The third kappa shape index (κ3) is 5.05. The van der Waals surface area contributed by atoms with Crippen LogP contribution >= 0.6 is 11.3 Å². The maximum atomic E-state index is 13.5. The number of carbonyl (C=O) groups excluding carboxylic acids is 1. The zero-order chi connectivity index (χ0) is 30.6. The highest BCUT2D eigenvalue weighted by Gasteiger charge is 2.47. The maximum Gasteiger partial charge on any atom is 0.291 e. The van der Waals surface area contributed by atoms with Crippen LogP contribution in [0.2, 0.25) is 0 Å². The molecule has 0 unspecified atom stereocenters. The van der Waals surface area contributed by atoms with Gasteiger partial charge in [-0.2, -0.15) is 9.98 Å². The first kappa shape index (κ1) is 28.9. The number of nitrogens with zero attached hydrogens (tertiary/aromatic N) is 8. The number of piperazine rings is 1. The number of rotatable bonds is 7. The lowest BCUT2D eigenvalue weighted by molar-refractivity contribution is -0.138. The first-order valence-electron chi connectivity index (χ1n) is 14.2. The molecule has 1 aliphatic carbocycles. The highest BCUT2D eigenvalue weighted by molar-refractivity contribution is 7.89. The molecule has 13 nitrogen and oxygen atoms in total. The Balaban J connectivity index is 1.29. The Labute approximate surface area is 254 Å². The van der Waals surface area contributed by atoms with E-state index in [0.717, 1.165) is 0 Å². The van der Waals surface area contributed by atoms with E-state index >= 15 is 0 Å². The van der Waals surface area contributed by atoms with Crippen LogP contribution < -0.4 is 9.62 Å². The minimum atomic E-state index is -4.09. The second-order valence-electron chi connectivity index (χ2n) is 11.1. The van der Waals surface area contributed by atoms with Crippen LogP contribution in [0.4, 0.5) is 14.6 Å². The summed E-state index contributed by atoms with van der Waals surface area (Å²) in [4.78, 5) is 26.0. The van der Waals surface area contributed by atoms with Crippen LogP contribution in [0, 0.1) is 17.2 Å². The second kappa shape index (κ2) is 10.9. The molecule has 1 aromatic carbocycles. The molecule has 0 radical (unpaired) electrons. The molecule has 3 aliphatic rings. The van der Waals surface area contributed by atoms with Gasteiger partial charge >= 0.3 is 0 Å². The molecule has 4 aromatic rings. The molecule has 3 aromatic heterocycles. The molecular formula is C27H27F2N9O4S2. The molecule has 2 aliphatic heterocycles. The van der Waals surface area contributed by atoms with Crippen molar-refractivity contribution in [3.63, 3.8) is 0 Å². The van der Waals surface area contributed by atoms with Crippen molar-refractivity contribution in [2.24, 2.45) is 5.92 Å². The Morgan fingerprint density at radius 1 is 1.14 bits per heavy atom. The Morgan fingerprint density at radius 3 is 2.55 bits per heavy atom. The third-order valence-electron chi connectivity index (χ3n) is 8.37. The number of hydrogen-bond acceptors (Lipinski definition) is 11. The molecule has 1 amide bonds. The topological polar surface area (TPSA) is 159 Å².